The van der Waals surface area contributed by atoms with Crippen molar-refractivity contribution in [2.24, 2.45) is 0 Å². The maximum atomic E-state index is 5.99. The molecule has 2 unspecified atom stereocenters. The van der Waals surface area contributed by atoms with Gasteiger partial charge in [-0.05, 0) is 40.5 Å². The highest BCUT2D eigenvalue weighted by Crippen LogP contribution is 2.17. The molecule has 0 spiro atoms. The summed E-state index contributed by atoms with van der Waals surface area (Å²) in [6.07, 6.45) is 2.16. The third-order valence-corrected chi connectivity index (χ3v) is 5.53. The lowest BCUT2D eigenvalue weighted by molar-refractivity contribution is -0.0491. The number of ether oxygens (including phenoxy) is 2. The molecule has 7 heteroatoms. The van der Waals surface area contributed by atoms with E-state index in [1.54, 1.807) is 0 Å². The van der Waals surface area contributed by atoms with Crippen LogP contribution in [-0.2, 0) is 27.2 Å². The van der Waals surface area contributed by atoms with Crippen LogP contribution in [0.15, 0.2) is 0 Å². The summed E-state index contributed by atoms with van der Waals surface area (Å²) in [6.45, 7) is 11.6. The van der Waals surface area contributed by atoms with Gasteiger partial charge in [-0.25, -0.2) is 0 Å². The predicted octanol–water partition coefficient (Wildman–Crippen LogP) is 2.13. The summed E-state index contributed by atoms with van der Waals surface area (Å²) in [4.78, 5) is 0. The van der Waals surface area contributed by atoms with Crippen molar-refractivity contribution in [1.29, 1.82) is 0 Å². The van der Waals surface area contributed by atoms with Gasteiger partial charge < -0.3 is 27.2 Å². The summed E-state index contributed by atoms with van der Waals surface area (Å²) in [5.41, 5.74) is 0. The monoisotopic (exact) mass is 322 g/mol. The molecule has 1 aliphatic rings. The Morgan fingerprint density at radius 2 is 1.67 bits per heavy atom. The van der Waals surface area contributed by atoms with Crippen molar-refractivity contribution in [1.82, 2.24) is 0 Å². The van der Waals surface area contributed by atoms with Crippen LogP contribution < -0.4 is 0 Å². The van der Waals surface area contributed by atoms with Gasteiger partial charge in [-0.1, -0.05) is 0 Å². The fourth-order valence-electron chi connectivity index (χ4n) is 1.91. The Hall–Kier alpha value is -0.0231. The summed E-state index contributed by atoms with van der Waals surface area (Å²) < 4.78 is 33.6. The van der Waals surface area contributed by atoms with Gasteiger partial charge in [0.25, 0.3) is 0 Å². The van der Waals surface area contributed by atoms with Gasteiger partial charge in [-0.15, -0.1) is 0 Å². The number of epoxide rings is 1. The first-order valence-electron chi connectivity index (χ1n) is 7.94. The van der Waals surface area contributed by atoms with Crippen molar-refractivity contribution in [3.8, 4) is 0 Å². The summed E-state index contributed by atoms with van der Waals surface area (Å²) in [5, 5.41) is 0. The molecule has 21 heavy (non-hydrogen) atoms. The normalized spacial score (nSPS) is 19.7. The second-order valence-electron chi connectivity index (χ2n) is 4.90. The fraction of sp³-hybridized carbons (Fsp3) is 1.00. The average Bonchev–Trinajstić information content (AvgIpc) is 3.23. The van der Waals surface area contributed by atoms with E-state index >= 15 is 0 Å². The van der Waals surface area contributed by atoms with E-state index in [-0.39, 0.29) is 6.10 Å². The van der Waals surface area contributed by atoms with Gasteiger partial charge >= 0.3 is 9.05 Å². The fourth-order valence-corrected chi connectivity index (χ4v) is 4.04. The second-order valence-corrected chi connectivity index (χ2v) is 7.00. The van der Waals surface area contributed by atoms with E-state index in [0.717, 1.165) is 26.1 Å². The predicted molar refractivity (Wildman–Crippen MR) is 81.0 cm³/mol. The maximum Gasteiger partial charge on any atom is 0.679 e. The maximum absolute atomic E-state index is 5.99. The van der Waals surface area contributed by atoms with Gasteiger partial charge in [-0.2, -0.15) is 0 Å². The van der Waals surface area contributed by atoms with Gasteiger partial charge in [0.15, 0.2) is 0 Å². The quantitative estimate of drug-likeness (QED) is 0.277. The molecule has 0 saturated carbocycles. The molecular formula is C14H30O6Si. The highest BCUT2D eigenvalue weighted by molar-refractivity contribution is 6.53. The smallest absolute Gasteiger partial charge is 0.379 e. The van der Waals surface area contributed by atoms with Gasteiger partial charge in [0.1, 0.15) is 6.10 Å². The lowest BCUT2D eigenvalue weighted by Gasteiger charge is -2.29. The first kappa shape index (κ1) is 19.0. The molecule has 0 aromatic rings. The van der Waals surface area contributed by atoms with Crippen LogP contribution in [0.5, 0.6) is 0 Å². The van der Waals surface area contributed by atoms with Crippen LogP contribution in [0.2, 0.25) is 0 Å². The first-order chi connectivity index (χ1) is 10.2. The van der Waals surface area contributed by atoms with Crippen LogP contribution in [0.25, 0.3) is 0 Å². The molecule has 1 aliphatic heterocycles. The number of rotatable bonds is 14. The largest absolute Gasteiger partial charge is 0.679 e. The van der Waals surface area contributed by atoms with Crippen LogP contribution in [0.3, 0.4) is 0 Å². The van der Waals surface area contributed by atoms with E-state index in [1.165, 1.54) is 0 Å². The van der Waals surface area contributed by atoms with Crippen molar-refractivity contribution in [2.75, 3.05) is 39.6 Å². The molecule has 0 amide bonds. The molecule has 1 heterocycles. The summed E-state index contributed by atoms with van der Waals surface area (Å²) in [5.74, 6) is 0. The lowest BCUT2D eigenvalue weighted by atomic mass is 10.2. The van der Waals surface area contributed by atoms with Crippen molar-refractivity contribution >= 4 is 9.05 Å². The molecule has 0 aliphatic carbocycles. The van der Waals surface area contributed by atoms with E-state index in [2.05, 4.69) is 0 Å². The Balaban J connectivity index is 2.25. The molecule has 2 atom stereocenters. The molecule has 1 rings (SSSR count). The molecule has 0 N–H and O–H groups in total. The van der Waals surface area contributed by atoms with Gasteiger partial charge in [0, 0.05) is 32.5 Å². The third kappa shape index (κ3) is 8.25. The van der Waals surface area contributed by atoms with E-state index in [0.29, 0.717) is 32.5 Å². The molecule has 1 saturated heterocycles. The van der Waals surface area contributed by atoms with Gasteiger partial charge in [0.05, 0.1) is 13.2 Å². The molecule has 0 aromatic heterocycles. The Morgan fingerprint density at radius 1 is 1.10 bits per heavy atom. The van der Waals surface area contributed by atoms with Crippen LogP contribution in [0.1, 0.15) is 40.5 Å². The molecule has 1 fully saturated rings. The van der Waals surface area contributed by atoms with E-state index in [4.69, 9.17) is 27.2 Å². The van der Waals surface area contributed by atoms with Gasteiger partial charge in [-0.3, -0.25) is 0 Å². The van der Waals surface area contributed by atoms with E-state index in [9.17, 15) is 0 Å². The minimum atomic E-state index is -3.00. The Kier molecular flexibility index (Phi) is 9.66. The minimum Gasteiger partial charge on any atom is -0.379 e. The Labute approximate surface area is 129 Å². The van der Waals surface area contributed by atoms with Crippen LogP contribution in [0, 0.1) is 0 Å². The highest BCUT2D eigenvalue weighted by atomic mass is 28.4. The molecule has 0 aromatic carbocycles. The van der Waals surface area contributed by atoms with Crippen molar-refractivity contribution in [2.45, 2.75) is 52.7 Å². The highest BCUT2D eigenvalue weighted by Gasteiger charge is 2.46. The first-order valence-corrected chi connectivity index (χ1v) is 9.58. The zero-order valence-corrected chi connectivity index (χ0v) is 14.8. The summed E-state index contributed by atoms with van der Waals surface area (Å²) in [7, 11) is -3.00. The number of hydrogen-bond donors (Lipinski definition) is 0. The van der Waals surface area contributed by atoms with Crippen LogP contribution >= 0.6 is 0 Å². The zero-order valence-electron chi connectivity index (χ0n) is 13.8. The van der Waals surface area contributed by atoms with E-state index < -0.39 is 9.05 Å². The topological polar surface area (TPSA) is 58.7 Å². The zero-order chi connectivity index (χ0) is 15.6. The van der Waals surface area contributed by atoms with Crippen molar-refractivity contribution in [3.05, 3.63) is 0 Å². The second kappa shape index (κ2) is 10.7. The summed E-state index contributed by atoms with van der Waals surface area (Å²) >= 11 is 0. The lowest BCUT2D eigenvalue weighted by Crippen LogP contribution is -2.51. The third-order valence-electron chi connectivity index (χ3n) is 2.91. The molecular weight excluding hydrogens is 292 g/mol. The van der Waals surface area contributed by atoms with E-state index in [1.807, 2.05) is 27.7 Å². The van der Waals surface area contributed by atoms with Crippen molar-refractivity contribution in [3.63, 3.8) is 0 Å². The Morgan fingerprint density at radius 3 is 2.14 bits per heavy atom. The minimum absolute atomic E-state index is 0.0158. The van der Waals surface area contributed by atoms with Crippen LogP contribution in [0.4, 0.5) is 0 Å². The standard InChI is InChI=1S/C14H30O6Si/c1-5-17-21(18-6-2,19-7-3)20-13(4)9-8-10-15-11-14-12-16-14/h13-14H,5-12H2,1-4H3. The summed E-state index contributed by atoms with van der Waals surface area (Å²) in [6, 6.07) is 0. The molecule has 126 valence electrons. The SMILES string of the molecule is CCO[Si](OCC)(OCC)OC(C)CCCOCC1CO1. The molecule has 6 nitrogen and oxygen atoms in total. The van der Waals surface area contributed by atoms with Gasteiger partial charge in [0.2, 0.25) is 0 Å². The number of hydrogen-bond acceptors (Lipinski definition) is 6. The van der Waals surface area contributed by atoms with Crippen LogP contribution in [-0.4, -0.2) is 60.9 Å². The van der Waals surface area contributed by atoms with Crippen molar-refractivity contribution < 1.29 is 27.2 Å². The average molecular weight is 322 g/mol. The molecule has 0 radical (unpaired) electrons. The Bertz CT molecular complexity index is 245. The molecule has 0 bridgehead atoms.